The molecular formula is C20H26ClFN2O. The highest BCUT2D eigenvalue weighted by Gasteiger charge is 2.17. The number of benzene rings is 2. The normalized spacial score (nSPS) is 11.5. The zero-order valence-corrected chi connectivity index (χ0v) is 15.3. The van der Waals surface area contributed by atoms with Crippen LogP contribution in [0.4, 0.5) is 4.39 Å². The number of hydrogen-bond acceptors (Lipinski definition) is 2. The fourth-order valence-corrected chi connectivity index (χ4v) is 2.73. The van der Waals surface area contributed by atoms with Crippen LogP contribution < -0.4 is 5.73 Å². The minimum Gasteiger partial charge on any atom is -0.341 e. The van der Waals surface area contributed by atoms with Crippen molar-refractivity contribution in [3.63, 3.8) is 0 Å². The summed E-state index contributed by atoms with van der Waals surface area (Å²) in [6, 6.07) is 16.5. The summed E-state index contributed by atoms with van der Waals surface area (Å²) in [6.45, 7) is 3.66. The Morgan fingerprint density at radius 3 is 2.32 bits per heavy atom. The molecule has 0 radical (unpaired) electrons. The summed E-state index contributed by atoms with van der Waals surface area (Å²) in [5, 5.41) is 0. The maximum Gasteiger partial charge on any atom is 0.223 e. The molecule has 0 fully saturated rings. The van der Waals surface area contributed by atoms with Crippen LogP contribution in [-0.4, -0.2) is 30.4 Å². The largest absolute Gasteiger partial charge is 0.341 e. The molecule has 0 aliphatic heterocycles. The number of hydrogen-bond donors (Lipinski definition) is 1. The smallest absolute Gasteiger partial charge is 0.223 e. The molecule has 0 saturated carbocycles. The summed E-state index contributed by atoms with van der Waals surface area (Å²) in [5.74, 6) is -0.117. The van der Waals surface area contributed by atoms with E-state index in [-0.39, 0.29) is 30.0 Å². The van der Waals surface area contributed by atoms with Crippen LogP contribution in [0, 0.1) is 5.82 Å². The van der Waals surface area contributed by atoms with Crippen LogP contribution in [-0.2, 0) is 11.2 Å². The molecule has 1 atom stereocenters. The Morgan fingerprint density at radius 1 is 1.08 bits per heavy atom. The highest BCUT2D eigenvalue weighted by Crippen LogP contribution is 2.20. The summed E-state index contributed by atoms with van der Waals surface area (Å²) in [5.41, 5.74) is 7.84. The van der Waals surface area contributed by atoms with E-state index in [1.807, 2.05) is 30.0 Å². The number of nitrogens with zero attached hydrogens (tertiary/aromatic N) is 1. The van der Waals surface area contributed by atoms with Crippen molar-refractivity contribution < 1.29 is 9.18 Å². The Morgan fingerprint density at radius 2 is 1.72 bits per heavy atom. The second-order valence-electron chi connectivity index (χ2n) is 6.06. The third-order valence-electron chi connectivity index (χ3n) is 4.18. The average molecular weight is 365 g/mol. The van der Waals surface area contributed by atoms with Gasteiger partial charge in [0.1, 0.15) is 5.82 Å². The number of amides is 1. The van der Waals surface area contributed by atoms with Crippen molar-refractivity contribution in [3.8, 4) is 0 Å². The van der Waals surface area contributed by atoms with Crippen LogP contribution in [0.2, 0.25) is 0 Å². The quantitative estimate of drug-likeness (QED) is 0.775. The van der Waals surface area contributed by atoms with Gasteiger partial charge in [-0.1, -0.05) is 49.4 Å². The van der Waals surface area contributed by atoms with Gasteiger partial charge in [-0.2, -0.15) is 0 Å². The molecule has 3 nitrogen and oxygen atoms in total. The zero-order chi connectivity index (χ0) is 17.4. The van der Waals surface area contributed by atoms with Crippen LogP contribution in [0.5, 0.6) is 0 Å². The SMILES string of the molecule is CC(CC(=O)N(CCN)CCc1ccccc1)c1ccc(F)cc1.Cl. The second-order valence-corrected chi connectivity index (χ2v) is 6.06. The topological polar surface area (TPSA) is 46.3 Å². The molecule has 136 valence electrons. The molecular weight excluding hydrogens is 339 g/mol. The van der Waals surface area contributed by atoms with Gasteiger partial charge < -0.3 is 10.6 Å². The summed E-state index contributed by atoms with van der Waals surface area (Å²) in [6.07, 6.45) is 1.22. The molecule has 1 unspecified atom stereocenters. The van der Waals surface area contributed by atoms with Crippen molar-refractivity contribution >= 4 is 18.3 Å². The Kier molecular flexibility index (Phi) is 9.17. The van der Waals surface area contributed by atoms with Gasteiger partial charge in [-0.3, -0.25) is 4.79 Å². The lowest BCUT2D eigenvalue weighted by Crippen LogP contribution is -2.37. The maximum atomic E-state index is 13.0. The Bertz CT molecular complexity index is 634. The molecule has 0 spiro atoms. The van der Waals surface area contributed by atoms with Gasteiger partial charge in [0.05, 0.1) is 0 Å². The van der Waals surface area contributed by atoms with Crippen LogP contribution in [0.3, 0.4) is 0 Å². The van der Waals surface area contributed by atoms with Crippen molar-refractivity contribution in [3.05, 3.63) is 71.5 Å². The van der Waals surface area contributed by atoms with E-state index in [9.17, 15) is 9.18 Å². The summed E-state index contributed by atoms with van der Waals surface area (Å²) < 4.78 is 13.0. The number of carbonyl (C=O) groups is 1. The number of carbonyl (C=O) groups excluding carboxylic acids is 1. The molecule has 2 aromatic carbocycles. The summed E-state index contributed by atoms with van der Waals surface area (Å²) >= 11 is 0. The Labute approximate surface area is 155 Å². The standard InChI is InChI=1S/C20H25FN2O.ClH/c1-16(18-7-9-19(21)10-8-18)15-20(24)23(14-12-22)13-11-17-5-3-2-4-6-17;/h2-10,16H,11-15,22H2,1H3;1H. The zero-order valence-electron chi connectivity index (χ0n) is 14.5. The van der Waals surface area contributed by atoms with Crippen LogP contribution in [0.25, 0.3) is 0 Å². The predicted molar refractivity (Wildman–Crippen MR) is 102 cm³/mol. The van der Waals surface area contributed by atoms with E-state index in [0.717, 1.165) is 12.0 Å². The van der Waals surface area contributed by atoms with Gasteiger partial charge in [0.15, 0.2) is 0 Å². The predicted octanol–water partition coefficient (Wildman–Crippen LogP) is 3.77. The van der Waals surface area contributed by atoms with E-state index in [1.165, 1.54) is 17.7 Å². The van der Waals surface area contributed by atoms with E-state index in [4.69, 9.17) is 5.73 Å². The lowest BCUT2D eigenvalue weighted by Gasteiger charge is -2.24. The van der Waals surface area contributed by atoms with Gasteiger partial charge in [0.2, 0.25) is 5.91 Å². The molecule has 2 N–H and O–H groups in total. The fraction of sp³-hybridized carbons (Fsp3) is 0.350. The van der Waals surface area contributed by atoms with E-state index < -0.39 is 0 Å². The molecule has 1 amide bonds. The first-order valence-corrected chi connectivity index (χ1v) is 8.37. The first kappa shape index (κ1) is 21.1. The first-order chi connectivity index (χ1) is 11.6. The van der Waals surface area contributed by atoms with Crippen LogP contribution in [0.1, 0.15) is 30.4 Å². The van der Waals surface area contributed by atoms with Gasteiger partial charge in [-0.05, 0) is 35.6 Å². The van der Waals surface area contributed by atoms with E-state index in [0.29, 0.717) is 26.1 Å². The van der Waals surface area contributed by atoms with Crippen molar-refractivity contribution in [2.24, 2.45) is 5.73 Å². The highest BCUT2D eigenvalue weighted by atomic mass is 35.5. The number of rotatable bonds is 8. The number of halogens is 2. The summed E-state index contributed by atoms with van der Waals surface area (Å²) in [7, 11) is 0. The van der Waals surface area contributed by atoms with Crippen molar-refractivity contribution in [1.29, 1.82) is 0 Å². The molecule has 0 aromatic heterocycles. The first-order valence-electron chi connectivity index (χ1n) is 8.37. The molecule has 0 aliphatic rings. The third kappa shape index (κ3) is 6.85. The average Bonchev–Trinajstić information content (AvgIpc) is 2.60. The fourth-order valence-electron chi connectivity index (χ4n) is 2.73. The molecule has 0 aliphatic carbocycles. The molecule has 2 rings (SSSR count). The molecule has 0 bridgehead atoms. The summed E-state index contributed by atoms with van der Waals surface area (Å²) in [4.78, 5) is 14.4. The second kappa shape index (κ2) is 10.9. The Balaban J connectivity index is 0.00000312. The highest BCUT2D eigenvalue weighted by molar-refractivity contribution is 5.85. The van der Waals surface area contributed by atoms with Gasteiger partial charge in [0.25, 0.3) is 0 Å². The molecule has 25 heavy (non-hydrogen) atoms. The monoisotopic (exact) mass is 364 g/mol. The lowest BCUT2D eigenvalue weighted by molar-refractivity contribution is -0.131. The minimum atomic E-state index is -0.259. The van der Waals surface area contributed by atoms with E-state index >= 15 is 0 Å². The molecule has 0 heterocycles. The van der Waals surface area contributed by atoms with E-state index in [1.54, 1.807) is 12.1 Å². The van der Waals surface area contributed by atoms with Gasteiger partial charge in [-0.15, -0.1) is 12.4 Å². The van der Waals surface area contributed by atoms with Gasteiger partial charge in [0, 0.05) is 26.1 Å². The van der Waals surface area contributed by atoms with Crippen molar-refractivity contribution in [2.45, 2.75) is 25.7 Å². The maximum absolute atomic E-state index is 13.0. The van der Waals surface area contributed by atoms with Crippen LogP contribution in [0.15, 0.2) is 54.6 Å². The van der Waals surface area contributed by atoms with E-state index in [2.05, 4.69) is 12.1 Å². The molecule has 2 aromatic rings. The number of nitrogens with two attached hydrogens (primary N) is 1. The van der Waals surface area contributed by atoms with Gasteiger partial charge in [-0.25, -0.2) is 4.39 Å². The van der Waals surface area contributed by atoms with Crippen molar-refractivity contribution in [1.82, 2.24) is 4.90 Å². The van der Waals surface area contributed by atoms with Crippen molar-refractivity contribution in [2.75, 3.05) is 19.6 Å². The minimum absolute atomic E-state index is 0. The molecule has 5 heteroatoms. The third-order valence-corrected chi connectivity index (χ3v) is 4.18. The lowest BCUT2D eigenvalue weighted by atomic mass is 9.97. The van der Waals surface area contributed by atoms with Crippen LogP contribution >= 0.6 is 12.4 Å². The Hall–Kier alpha value is -1.91. The van der Waals surface area contributed by atoms with Gasteiger partial charge >= 0.3 is 0 Å². The molecule has 0 saturated heterocycles.